The van der Waals surface area contributed by atoms with Gasteiger partial charge in [-0.25, -0.2) is 8.42 Å². The Kier molecular flexibility index (Phi) is 5.53. The van der Waals surface area contributed by atoms with E-state index in [1.807, 2.05) is 0 Å². The quantitative estimate of drug-likeness (QED) is 0.644. The van der Waals surface area contributed by atoms with Gasteiger partial charge in [-0.05, 0) is 57.9 Å². The van der Waals surface area contributed by atoms with Crippen molar-refractivity contribution < 1.29 is 27.9 Å². The topological polar surface area (TPSA) is 101 Å². The first-order chi connectivity index (χ1) is 11.5. The highest BCUT2D eigenvalue weighted by atomic mass is 32.2. The van der Waals surface area contributed by atoms with Crippen molar-refractivity contribution in [3.8, 4) is 5.75 Å². The maximum absolute atomic E-state index is 12.6. The smallest absolute Gasteiger partial charge is 0.316 e. The number of carboxylic acid groups (broad SMARTS) is 1. The minimum Gasteiger partial charge on any atom is -0.481 e. The van der Waals surface area contributed by atoms with Gasteiger partial charge < -0.3 is 9.84 Å². The van der Waals surface area contributed by atoms with E-state index in [1.165, 1.54) is 28.6 Å². The molecule has 0 bridgehead atoms. The molecule has 1 aromatic carbocycles. The van der Waals surface area contributed by atoms with Gasteiger partial charge in [-0.2, -0.15) is 4.31 Å². The first kappa shape index (κ1) is 19.4. The van der Waals surface area contributed by atoms with Gasteiger partial charge in [0.2, 0.25) is 10.0 Å². The van der Waals surface area contributed by atoms with Crippen molar-refractivity contribution in [3.05, 3.63) is 24.3 Å². The molecule has 1 heterocycles. The van der Waals surface area contributed by atoms with Crippen molar-refractivity contribution >= 4 is 22.0 Å². The molecule has 25 heavy (non-hydrogen) atoms. The Bertz CT molecular complexity index is 740. The zero-order chi connectivity index (χ0) is 18.8. The van der Waals surface area contributed by atoms with Crippen LogP contribution in [0.4, 0.5) is 0 Å². The Hall–Kier alpha value is -1.93. The van der Waals surface area contributed by atoms with Gasteiger partial charge >= 0.3 is 11.9 Å². The van der Waals surface area contributed by atoms with Gasteiger partial charge in [0, 0.05) is 13.1 Å². The first-order valence-corrected chi connectivity index (χ1v) is 9.51. The van der Waals surface area contributed by atoms with Crippen molar-refractivity contribution in [2.75, 3.05) is 13.1 Å². The van der Waals surface area contributed by atoms with Crippen LogP contribution in [0.2, 0.25) is 0 Å². The normalized spacial score (nSPS) is 17.2. The fourth-order valence-electron chi connectivity index (χ4n) is 2.43. The Morgan fingerprint density at radius 2 is 1.64 bits per heavy atom. The second-order valence-electron chi connectivity index (χ2n) is 7.13. The number of nitrogens with zero attached hydrogens (tertiary/aromatic N) is 1. The lowest BCUT2D eigenvalue weighted by Crippen LogP contribution is -2.40. The maximum atomic E-state index is 12.6. The summed E-state index contributed by atoms with van der Waals surface area (Å²) in [6, 6.07) is 5.68. The zero-order valence-electron chi connectivity index (χ0n) is 14.6. The van der Waals surface area contributed by atoms with Crippen molar-refractivity contribution in [1.82, 2.24) is 4.31 Å². The molecule has 1 aromatic rings. The van der Waals surface area contributed by atoms with Crippen LogP contribution in [0.3, 0.4) is 0 Å². The van der Waals surface area contributed by atoms with Gasteiger partial charge in [-0.15, -0.1) is 0 Å². The van der Waals surface area contributed by atoms with E-state index in [0.717, 1.165) is 0 Å². The van der Waals surface area contributed by atoms with Crippen LogP contribution in [0.1, 0.15) is 33.6 Å². The van der Waals surface area contributed by atoms with Gasteiger partial charge in [0.15, 0.2) is 0 Å². The molecule has 1 fully saturated rings. The number of carbonyl (C=O) groups excluding carboxylic acids is 1. The van der Waals surface area contributed by atoms with E-state index < -0.39 is 33.3 Å². The number of benzene rings is 1. The van der Waals surface area contributed by atoms with Gasteiger partial charge in [0.05, 0.1) is 16.2 Å². The summed E-state index contributed by atoms with van der Waals surface area (Å²) in [5.41, 5.74) is -0.654. The number of carbonyl (C=O) groups is 2. The zero-order valence-corrected chi connectivity index (χ0v) is 15.4. The molecule has 0 unspecified atom stereocenters. The summed E-state index contributed by atoms with van der Waals surface area (Å²) in [7, 11) is -3.68. The van der Waals surface area contributed by atoms with Crippen molar-refractivity contribution in [2.24, 2.45) is 11.3 Å². The summed E-state index contributed by atoms with van der Waals surface area (Å²) in [5, 5.41) is 8.99. The lowest BCUT2D eigenvalue weighted by atomic mass is 9.97. The standard InChI is InChI=1S/C17H23NO6S/c1-17(2,3)16(21)24-13-4-6-14(7-5-13)25(22,23)18-10-8-12(9-11-18)15(19)20/h4-7,12H,8-11H2,1-3H3,(H,19,20). The molecule has 0 aliphatic carbocycles. The average Bonchev–Trinajstić information content (AvgIpc) is 2.54. The van der Waals surface area contributed by atoms with Crippen LogP contribution in [-0.4, -0.2) is 42.9 Å². The summed E-state index contributed by atoms with van der Waals surface area (Å²) < 4.78 is 31.8. The molecule has 1 aliphatic rings. The van der Waals surface area contributed by atoms with Crippen LogP contribution in [0, 0.1) is 11.3 Å². The fraction of sp³-hybridized carbons (Fsp3) is 0.529. The molecule has 1 N–H and O–H groups in total. The monoisotopic (exact) mass is 369 g/mol. The molecule has 1 saturated heterocycles. The number of esters is 1. The number of hydrogen-bond donors (Lipinski definition) is 1. The molecule has 2 rings (SSSR count). The van der Waals surface area contributed by atoms with Crippen molar-refractivity contribution in [1.29, 1.82) is 0 Å². The molecule has 8 heteroatoms. The van der Waals surface area contributed by atoms with E-state index in [9.17, 15) is 18.0 Å². The molecule has 1 aliphatic heterocycles. The number of ether oxygens (including phenoxy) is 1. The highest BCUT2D eigenvalue weighted by Gasteiger charge is 2.32. The van der Waals surface area contributed by atoms with E-state index in [2.05, 4.69) is 0 Å². The van der Waals surface area contributed by atoms with Crippen LogP contribution in [0.25, 0.3) is 0 Å². The number of hydrogen-bond acceptors (Lipinski definition) is 5. The molecule has 7 nitrogen and oxygen atoms in total. The number of sulfonamides is 1. The van der Waals surface area contributed by atoms with Crippen LogP contribution in [0.5, 0.6) is 5.75 Å². The Morgan fingerprint density at radius 3 is 2.08 bits per heavy atom. The first-order valence-electron chi connectivity index (χ1n) is 8.07. The van der Waals surface area contributed by atoms with Gasteiger partial charge in [-0.1, -0.05) is 0 Å². The summed E-state index contributed by atoms with van der Waals surface area (Å²) in [4.78, 5) is 22.9. The van der Waals surface area contributed by atoms with Crippen molar-refractivity contribution in [3.63, 3.8) is 0 Å². The predicted octanol–water partition coefficient (Wildman–Crippen LogP) is 2.12. The number of carboxylic acids is 1. The van der Waals surface area contributed by atoms with E-state index in [-0.39, 0.29) is 23.7 Å². The Balaban J connectivity index is 2.08. The van der Waals surface area contributed by atoms with Crippen LogP contribution in [0.15, 0.2) is 29.2 Å². The third-order valence-electron chi connectivity index (χ3n) is 4.09. The molecular weight excluding hydrogens is 346 g/mol. The fourth-order valence-corrected chi connectivity index (χ4v) is 3.90. The average molecular weight is 369 g/mol. The lowest BCUT2D eigenvalue weighted by molar-refractivity contribution is -0.143. The molecule has 0 spiro atoms. The highest BCUT2D eigenvalue weighted by molar-refractivity contribution is 7.89. The lowest BCUT2D eigenvalue weighted by Gasteiger charge is -2.29. The minimum absolute atomic E-state index is 0.0943. The van der Waals surface area contributed by atoms with Crippen LogP contribution in [-0.2, 0) is 19.6 Å². The Labute approximate surface area is 147 Å². The minimum atomic E-state index is -3.68. The third-order valence-corrected chi connectivity index (χ3v) is 6.00. The van der Waals surface area contributed by atoms with Crippen LogP contribution >= 0.6 is 0 Å². The SMILES string of the molecule is CC(C)(C)C(=O)Oc1ccc(S(=O)(=O)N2CCC(C(=O)O)CC2)cc1. The van der Waals surface area contributed by atoms with Gasteiger partial charge in [0.1, 0.15) is 5.75 Å². The molecule has 0 radical (unpaired) electrons. The molecule has 0 atom stereocenters. The van der Waals surface area contributed by atoms with E-state index in [4.69, 9.17) is 9.84 Å². The summed E-state index contributed by atoms with van der Waals surface area (Å²) in [6.07, 6.45) is 0.603. The third kappa shape index (κ3) is 4.58. The molecule has 0 amide bonds. The maximum Gasteiger partial charge on any atom is 0.316 e. The highest BCUT2D eigenvalue weighted by Crippen LogP contribution is 2.26. The van der Waals surface area contributed by atoms with Gasteiger partial charge in [0.25, 0.3) is 0 Å². The predicted molar refractivity (Wildman–Crippen MR) is 90.7 cm³/mol. The Morgan fingerprint density at radius 1 is 1.12 bits per heavy atom. The number of piperidine rings is 1. The summed E-state index contributed by atoms with van der Waals surface area (Å²) >= 11 is 0. The van der Waals surface area contributed by atoms with E-state index in [1.54, 1.807) is 20.8 Å². The largest absolute Gasteiger partial charge is 0.481 e. The second kappa shape index (κ2) is 7.13. The summed E-state index contributed by atoms with van der Waals surface area (Å²) in [5.74, 6) is -1.50. The molecular formula is C17H23NO6S. The van der Waals surface area contributed by atoms with E-state index >= 15 is 0 Å². The number of aliphatic carboxylic acids is 1. The number of rotatable bonds is 4. The molecule has 138 valence electrons. The van der Waals surface area contributed by atoms with E-state index in [0.29, 0.717) is 12.8 Å². The van der Waals surface area contributed by atoms with Crippen LogP contribution < -0.4 is 4.74 Å². The van der Waals surface area contributed by atoms with Gasteiger partial charge in [-0.3, -0.25) is 9.59 Å². The molecule has 0 saturated carbocycles. The molecule has 0 aromatic heterocycles. The second-order valence-corrected chi connectivity index (χ2v) is 9.07. The summed E-state index contributed by atoms with van der Waals surface area (Å²) in [6.45, 7) is 5.55. The van der Waals surface area contributed by atoms with Crippen molar-refractivity contribution in [2.45, 2.75) is 38.5 Å².